The van der Waals surface area contributed by atoms with Gasteiger partial charge < -0.3 is 5.11 Å². The van der Waals surface area contributed by atoms with Crippen molar-refractivity contribution in [1.29, 1.82) is 0 Å². The molecular formula is C27H43NO. The molecule has 0 aromatic heterocycles. The van der Waals surface area contributed by atoms with Crippen LogP contribution in [0, 0.1) is 46.3 Å². The third kappa shape index (κ3) is 3.10. The molecule has 3 fully saturated rings. The zero-order chi connectivity index (χ0) is 20.4. The van der Waals surface area contributed by atoms with Crippen molar-refractivity contribution < 1.29 is 5.11 Å². The highest BCUT2D eigenvalue weighted by Crippen LogP contribution is 2.67. The highest BCUT2D eigenvalue weighted by Gasteiger charge is 2.59. The number of nitrogens with zero attached hydrogens (tertiary/aromatic N) is 1. The minimum absolute atomic E-state index is 0.0876. The Kier molecular flexibility index (Phi) is 5.04. The predicted molar refractivity (Wildman–Crippen MR) is 121 cm³/mol. The van der Waals surface area contributed by atoms with Gasteiger partial charge >= 0.3 is 0 Å². The summed E-state index contributed by atoms with van der Waals surface area (Å²) < 4.78 is 0. The van der Waals surface area contributed by atoms with Gasteiger partial charge in [-0.25, -0.2) is 0 Å². The van der Waals surface area contributed by atoms with E-state index in [0.29, 0.717) is 16.7 Å². The topological polar surface area (TPSA) is 32.6 Å². The number of aliphatic hydroxyl groups excluding tert-OH is 1. The summed E-state index contributed by atoms with van der Waals surface area (Å²) in [6.07, 6.45) is 15.2. The van der Waals surface area contributed by atoms with Crippen molar-refractivity contribution >= 4 is 5.71 Å². The van der Waals surface area contributed by atoms with E-state index in [1.54, 1.807) is 11.3 Å². The molecule has 0 amide bonds. The van der Waals surface area contributed by atoms with Crippen LogP contribution in [0.2, 0.25) is 0 Å². The van der Waals surface area contributed by atoms with E-state index in [0.717, 1.165) is 49.0 Å². The lowest BCUT2D eigenvalue weighted by atomic mass is 9.47. The molecule has 0 radical (unpaired) electrons. The molecule has 0 aromatic carbocycles. The van der Waals surface area contributed by atoms with Gasteiger partial charge in [0.1, 0.15) is 0 Å². The van der Waals surface area contributed by atoms with Crippen LogP contribution in [-0.4, -0.2) is 23.5 Å². The van der Waals surface area contributed by atoms with Gasteiger partial charge in [-0.05, 0) is 111 Å². The van der Waals surface area contributed by atoms with Gasteiger partial charge in [0.05, 0.1) is 6.10 Å². The lowest BCUT2D eigenvalue weighted by molar-refractivity contribution is -0.0532. The first-order chi connectivity index (χ1) is 13.8. The van der Waals surface area contributed by atoms with Crippen molar-refractivity contribution in [2.75, 3.05) is 6.54 Å². The molecule has 0 spiro atoms. The first-order valence-corrected chi connectivity index (χ1v) is 12.7. The van der Waals surface area contributed by atoms with Gasteiger partial charge in [0.15, 0.2) is 0 Å². The van der Waals surface area contributed by atoms with E-state index in [-0.39, 0.29) is 6.10 Å². The molecule has 29 heavy (non-hydrogen) atoms. The monoisotopic (exact) mass is 397 g/mol. The van der Waals surface area contributed by atoms with Crippen molar-refractivity contribution in [3.05, 3.63) is 11.6 Å². The molecule has 0 aromatic rings. The van der Waals surface area contributed by atoms with Crippen molar-refractivity contribution in [1.82, 2.24) is 0 Å². The second kappa shape index (κ2) is 7.21. The maximum atomic E-state index is 10.2. The van der Waals surface area contributed by atoms with Crippen molar-refractivity contribution in [2.45, 2.75) is 98.0 Å². The smallest absolute Gasteiger partial charge is 0.0577 e. The molecule has 2 nitrogen and oxygen atoms in total. The van der Waals surface area contributed by atoms with Gasteiger partial charge in [-0.15, -0.1) is 0 Å². The second-order valence-corrected chi connectivity index (χ2v) is 12.1. The standard InChI is InChI=1S/C27H43NO/c1-17-5-10-25(28-16-17)18(2)22-8-9-23-21-7-6-19-15-20(29)11-13-26(19,3)24(21)12-14-27(22,23)4/h6,17-18,20-24,29H,5,7-16H2,1-4H3/t17-,18-,20-,21-,22+,23-,24-,26-,27-/m0/s1. The van der Waals surface area contributed by atoms with E-state index in [1.165, 1.54) is 51.4 Å². The fraction of sp³-hybridized carbons (Fsp3) is 0.889. The lowest BCUT2D eigenvalue weighted by Crippen LogP contribution is -2.51. The Labute approximate surface area is 178 Å². The first kappa shape index (κ1) is 20.3. The van der Waals surface area contributed by atoms with Crippen molar-refractivity contribution in [3.8, 4) is 0 Å². The summed E-state index contributed by atoms with van der Waals surface area (Å²) in [6.45, 7) is 11.2. The number of allylic oxidation sites excluding steroid dienone is 1. The number of hydrogen-bond donors (Lipinski definition) is 1. The molecule has 0 unspecified atom stereocenters. The number of aliphatic imine (C=N–C) groups is 1. The Hall–Kier alpha value is -0.630. The molecule has 2 heteroatoms. The van der Waals surface area contributed by atoms with Crippen LogP contribution in [0.1, 0.15) is 91.9 Å². The van der Waals surface area contributed by atoms with Crippen LogP contribution in [0.3, 0.4) is 0 Å². The molecule has 5 rings (SSSR count). The molecular weight excluding hydrogens is 354 g/mol. The van der Waals surface area contributed by atoms with Gasteiger partial charge in [0.2, 0.25) is 0 Å². The summed E-state index contributed by atoms with van der Waals surface area (Å²) in [4.78, 5) is 5.06. The van der Waals surface area contributed by atoms with Crippen LogP contribution in [0.15, 0.2) is 16.6 Å². The molecule has 0 saturated heterocycles. The number of hydrogen-bond acceptors (Lipinski definition) is 2. The average molecular weight is 398 g/mol. The third-order valence-corrected chi connectivity index (χ3v) is 10.8. The Bertz CT molecular complexity index is 709. The van der Waals surface area contributed by atoms with E-state index in [9.17, 15) is 5.11 Å². The van der Waals surface area contributed by atoms with E-state index >= 15 is 0 Å². The number of fused-ring (bicyclic) bond motifs is 5. The van der Waals surface area contributed by atoms with Crippen molar-refractivity contribution in [2.24, 2.45) is 51.3 Å². The number of rotatable bonds is 2. The fourth-order valence-electron chi connectivity index (χ4n) is 8.95. The van der Waals surface area contributed by atoms with Gasteiger partial charge in [-0.3, -0.25) is 4.99 Å². The van der Waals surface area contributed by atoms with E-state index in [1.807, 2.05) is 0 Å². The summed E-state index contributed by atoms with van der Waals surface area (Å²) in [6, 6.07) is 0. The molecule has 9 atom stereocenters. The lowest BCUT2D eigenvalue weighted by Gasteiger charge is -2.58. The summed E-state index contributed by atoms with van der Waals surface area (Å²) >= 11 is 0. The molecule has 1 N–H and O–H groups in total. The molecule has 162 valence electrons. The normalized spacial score (nSPS) is 50.7. The molecule has 1 aliphatic heterocycles. The van der Waals surface area contributed by atoms with E-state index in [4.69, 9.17) is 4.99 Å². The van der Waals surface area contributed by atoms with Gasteiger partial charge in [0, 0.05) is 12.3 Å². The Morgan fingerprint density at radius 1 is 1.07 bits per heavy atom. The van der Waals surface area contributed by atoms with E-state index in [2.05, 4.69) is 33.8 Å². The van der Waals surface area contributed by atoms with Gasteiger partial charge in [-0.1, -0.05) is 39.3 Å². The zero-order valence-electron chi connectivity index (χ0n) is 19.3. The molecule has 4 aliphatic carbocycles. The van der Waals surface area contributed by atoms with Crippen LogP contribution in [0.4, 0.5) is 0 Å². The van der Waals surface area contributed by atoms with Crippen LogP contribution in [0.25, 0.3) is 0 Å². The number of aliphatic hydroxyl groups is 1. The van der Waals surface area contributed by atoms with Crippen LogP contribution < -0.4 is 0 Å². The summed E-state index contributed by atoms with van der Waals surface area (Å²) in [5.41, 5.74) is 4.05. The average Bonchev–Trinajstić information content (AvgIpc) is 3.06. The fourth-order valence-corrected chi connectivity index (χ4v) is 8.95. The third-order valence-electron chi connectivity index (χ3n) is 10.8. The van der Waals surface area contributed by atoms with E-state index < -0.39 is 0 Å². The maximum absolute atomic E-state index is 10.2. The quantitative estimate of drug-likeness (QED) is 0.535. The summed E-state index contributed by atoms with van der Waals surface area (Å²) in [5.74, 6) is 4.94. The SMILES string of the molecule is C[C@H]1CCC([C@@H](C)[C@H]2CC[C@H]3[C@@H]4CC=C5C[C@@H](O)CC[C@]5(C)[C@H]4CC[C@@]23C)=NC1. The Morgan fingerprint density at radius 3 is 2.66 bits per heavy atom. The molecule has 5 aliphatic rings. The second-order valence-electron chi connectivity index (χ2n) is 12.1. The summed E-state index contributed by atoms with van der Waals surface area (Å²) in [7, 11) is 0. The van der Waals surface area contributed by atoms with Crippen LogP contribution in [0.5, 0.6) is 0 Å². The van der Waals surface area contributed by atoms with Crippen LogP contribution in [-0.2, 0) is 0 Å². The highest BCUT2D eigenvalue weighted by atomic mass is 16.3. The van der Waals surface area contributed by atoms with Gasteiger partial charge in [0.25, 0.3) is 0 Å². The molecule has 0 bridgehead atoms. The largest absolute Gasteiger partial charge is 0.393 e. The zero-order valence-corrected chi connectivity index (χ0v) is 19.3. The van der Waals surface area contributed by atoms with Gasteiger partial charge in [-0.2, -0.15) is 0 Å². The summed E-state index contributed by atoms with van der Waals surface area (Å²) in [5, 5.41) is 10.2. The Balaban J connectivity index is 1.38. The molecule has 3 saturated carbocycles. The maximum Gasteiger partial charge on any atom is 0.0577 e. The minimum atomic E-state index is -0.0876. The molecule has 1 heterocycles. The van der Waals surface area contributed by atoms with Crippen LogP contribution >= 0.6 is 0 Å². The predicted octanol–water partition coefficient (Wildman–Crippen LogP) is 6.43. The first-order valence-electron chi connectivity index (χ1n) is 12.7. The highest BCUT2D eigenvalue weighted by molar-refractivity contribution is 5.87. The van der Waals surface area contributed by atoms with Crippen molar-refractivity contribution in [3.63, 3.8) is 0 Å². The minimum Gasteiger partial charge on any atom is -0.393 e. The Morgan fingerprint density at radius 2 is 1.90 bits per heavy atom.